The third-order valence-corrected chi connectivity index (χ3v) is 10.8. The molecule has 8 aromatic carbocycles. The van der Waals surface area contributed by atoms with E-state index in [0.29, 0.717) is 27.8 Å². The van der Waals surface area contributed by atoms with E-state index < -0.39 is 0 Å². The number of rotatable bonds is 11. The van der Waals surface area contributed by atoms with Gasteiger partial charge in [0.05, 0.1) is 28.4 Å². The lowest BCUT2D eigenvalue weighted by Gasteiger charge is -2.05. The van der Waals surface area contributed by atoms with E-state index in [2.05, 4.69) is 0 Å². The van der Waals surface area contributed by atoms with Gasteiger partial charge in [0.2, 0.25) is 0 Å². The summed E-state index contributed by atoms with van der Waals surface area (Å²) in [5, 5.41) is 4.11. The molecule has 0 aliphatic heterocycles. The second-order valence-corrected chi connectivity index (χ2v) is 15.8. The van der Waals surface area contributed by atoms with Crippen LogP contribution < -0.4 is 18.9 Å². The van der Waals surface area contributed by atoms with Crippen LogP contribution in [-0.4, -0.2) is 63.1 Å². The molecule has 0 heterocycles. The van der Waals surface area contributed by atoms with Gasteiger partial charge in [0, 0.05) is 33.4 Å². The predicted molar refractivity (Wildman–Crippen MR) is 279 cm³/mol. The van der Waals surface area contributed by atoms with Crippen molar-refractivity contribution in [2.24, 2.45) is 0 Å². The van der Waals surface area contributed by atoms with Gasteiger partial charge in [-0.25, -0.2) is 0 Å². The Kier molecular flexibility index (Phi) is 20.7. The van der Waals surface area contributed by atoms with Crippen LogP contribution in [0, 0.1) is 0 Å². The van der Waals surface area contributed by atoms with Crippen molar-refractivity contribution in [1.82, 2.24) is 0 Å². The molecule has 0 N–H and O–H groups in total. The lowest BCUT2D eigenvalue weighted by Crippen LogP contribution is -1.95. The fourth-order valence-corrected chi connectivity index (χ4v) is 6.59. The van der Waals surface area contributed by atoms with Crippen molar-refractivity contribution in [2.75, 3.05) is 28.4 Å². The zero-order valence-electron chi connectivity index (χ0n) is 41.2. The number of benzene rings is 8. The summed E-state index contributed by atoms with van der Waals surface area (Å²) in [4.78, 5) is 66.1. The standard InChI is InChI=1S/C14H14O2.C14H12O2.C13H12O2.C10H10O2.C9H10O2/c1-15-13-7-3-11(4-8-13)12-5-9-14(16-2)10-6-12;1-9(15)11-3-5-14-8-12(10(2)16)4-6-13(14)7-11;1-9(14)10-3-4-12-8-13(15-2)6-5-11(12)7-10;1-7(11)9-3-5-10(6-4-9)8(2)12;1-7(10)8-3-5-9(11-2)6-4-8/h3-10H,1-2H3;3-8H,1-2H3;3-8H,1-2H3;3-6H,1-2H3;3-6H,1-2H3. The van der Waals surface area contributed by atoms with Crippen LogP contribution in [0.2, 0.25) is 0 Å². The van der Waals surface area contributed by atoms with Crippen molar-refractivity contribution >= 4 is 56.2 Å². The minimum atomic E-state index is 0.0186. The molecule has 70 heavy (non-hydrogen) atoms. The molecule has 0 spiro atoms. The highest BCUT2D eigenvalue weighted by atomic mass is 16.5. The molecule has 10 heteroatoms. The summed E-state index contributed by atoms with van der Waals surface area (Å²) < 4.78 is 20.3. The number of hydrogen-bond acceptors (Lipinski definition) is 10. The zero-order chi connectivity index (χ0) is 51.3. The van der Waals surface area contributed by atoms with Crippen LogP contribution in [-0.2, 0) is 0 Å². The van der Waals surface area contributed by atoms with E-state index in [1.165, 1.54) is 25.0 Å². The van der Waals surface area contributed by atoms with Gasteiger partial charge in [-0.2, -0.15) is 0 Å². The summed E-state index contributed by atoms with van der Waals surface area (Å²) in [6, 6.07) is 52.2. The van der Waals surface area contributed by atoms with Gasteiger partial charge in [-0.1, -0.05) is 91.0 Å². The fourth-order valence-electron chi connectivity index (χ4n) is 6.59. The van der Waals surface area contributed by atoms with Crippen LogP contribution in [0.25, 0.3) is 32.7 Å². The molecular formula is C60H58O10. The molecule has 0 aliphatic carbocycles. The number of ketones is 6. The molecule has 0 amide bonds. The average Bonchev–Trinajstić information content (AvgIpc) is 3.38. The van der Waals surface area contributed by atoms with E-state index in [4.69, 9.17) is 18.9 Å². The van der Waals surface area contributed by atoms with Crippen LogP contribution in [0.4, 0.5) is 0 Å². The summed E-state index contributed by atoms with van der Waals surface area (Å²) in [6.45, 7) is 9.22. The first-order valence-corrected chi connectivity index (χ1v) is 22.2. The first-order chi connectivity index (χ1) is 33.5. The average molecular weight is 939 g/mol. The van der Waals surface area contributed by atoms with E-state index in [9.17, 15) is 28.8 Å². The third kappa shape index (κ3) is 16.4. The third-order valence-electron chi connectivity index (χ3n) is 10.8. The number of hydrogen-bond donors (Lipinski definition) is 0. The molecule has 0 radical (unpaired) electrons. The Labute approximate surface area is 409 Å². The smallest absolute Gasteiger partial charge is 0.159 e. The Morgan fingerprint density at radius 2 is 0.443 bits per heavy atom. The van der Waals surface area contributed by atoms with Crippen molar-refractivity contribution in [3.8, 4) is 34.1 Å². The van der Waals surface area contributed by atoms with Gasteiger partial charge in [-0.3, -0.25) is 28.8 Å². The highest BCUT2D eigenvalue weighted by molar-refractivity contribution is 6.02. The first-order valence-electron chi connectivity index (χ1n) is 22.2. The molecule has 0 fully saturated rings. The minimum absolute atomic E-state index is 0.0186. The molecule has 8 aromatic rings. The highest BCUT2D eigenvalue weighted by Crippen LogP contribution is 2.25. The van der Waals surface area contributed by atoms with Gasteiger partial charge in [0.15, 0.2) is 34.7 Å². The van der Waals surface area contributed by atoms with Crippen LogP contribution >= 0.6 is 0 Å². The number of carbonyl (C=O) groups excluding carboxylic acids is 6. The maximum atomic E-state index is 11.2. The molecule has 0 aliphatic rings. The van der Waals surface area contributed by atoms with E-state index in [1.54, 1.807) is 117 Å². The summed E-state index contributed by atoms with van der Waals surface area (Å²) in [6.07, 6.45) is 0. The van der Waals surface area contributed by atoms with Crippen molar-refractivity contribution in [3.63, 3.8) is 0 Å². The molecule has 8 rings (SSSR count). The number of fused-ring (bicyclic) bond motifs is 2. The fraction of sp³-hybridized carbons (Fsp3) is 0.167. The zero-order valence-corrected chi connectivity index (χ0v) is 41.2. The number of methoxy groups -OCH3 is 4. The Hall–Kier alpha value is -8.50. The van der Waals surface area contributed by atoms with Crippen LogP contribution in [0.1, 0.15) is 104 Å². The molecule has 0 atom stereocenters. The van der Waals surface area contributed by atoms with Gasteiger partial charge in [-0.05, 0) is 153 Å². The number of ether oxygens (including phenoxy) is 4. The van der Waals surface area contributed by atoms with Gasteiger partial charge in [-0.15, -0.1) is 0 Å². The highest BCUT2D eigenvalue weighted by Gasteiger charge is 2.06. The first kappa shape index (κ1) is 54.1. The van der Waals surface area contributed by atoms with Crippen molar-refractivity contribution in [1.29, 1.82) is 0 Å². The van der Waals surface area contributed by atoms with Crippen molar-refractivity contribution in [2.45, 2.75) is 41.5 Å². The Balaban J connectivity index is 0.000000192. The van der Waals surface area contributed by atoms with E-state index in [1.807, 2.05) is 109 Å². The Morgan fingerprint density at radius 1 is 0.243 bits per heavy atom. The molecule has 0 unspecified atom stereocenters. The normalized spacial score (nSPS) is 9.91. The molecule has 10 nitrogen and oxygen atoms in total. The van der Waals surface area contributed by atoms with E-state index in [0.717, 1.165) is 50.1 Å². The molecule has 0 saturated heterocycles. The lowest BCUT2D eigenvalue weighted by atomic mass is 10.0. The Bertz CT molecular complexity index is 2930. The summed E-state index contributed by atoms with van der Waals surface area (Å²) in [7, 11) is 6.58. The number of Topliss-reactive ketones (excluding diaryl/α,β-unsaturated/α-hetero) is 6. The van der Waals surface area contributed by atoms with E-state index in [-0.39, 0.29) is 34.7 Å². The van der Waals surface area contributed by atoms with Crippen LogP contribution in [0.3, 0.4) is 0 Å². The molecule has 0 saturated carbocycles. The second kappa shape index (κ2) is 26.7. The van der Waals surface area contributed by atoms with Crippen molar-refractivity contribution in [3.05, 3.63) is 203 Å². The molecule has 0 bridgehead atoms. The van der Waals surface area contributed by atoms with E-state index >= 15 is 0 Å². The molecular weight excluding hydrogens is 881 g/mol. The van der Waals surface area contributed by atoms with Gasteiger partial charge >= 0.3 is 0 Å². The summed E-state index contributed by atoms with van der Waals surface area (Å²) in [5.74, 6) is 3.66. The molecule has 0 aromatic heterocycles. The largest absolute Gasteiger partial charge is 0.497 e. The number of carbonyl (C=O) groups is 6. The van der Waals surface area contributed by atoms with Crippen molar-refractivity contribution < 1.29 is 47.7 Å². The minimum Gasteiger partial charge on any atom is -0.497 e. The summed E-state index contributed by atoms with van der Waals surface area (Å²) in [5.41, 5.74) is 6.47. The maximum absolute atomic E-state index is 11.2. The quantitative estimate of drug-likeness (QED) is 0.115. The van der Waals surface area contributed by atoms with Gasteiger partial charge in [0.1, 0.15) is 23.0 Å². The van der Waals surface area contributed by atoms with Crippen LogP contribution in [0.5, 0.6) is 23.0 Å². The SMILES string of the molecule is CC(=O)c1ccc(C(C)=O)cc1.CC(=O)c1ccc2cc(C(C)=O)ccc2c1.COc1ccc(-c2ccc(OC)cc2)cc1.COc1ccc(C(C)=O)cc1.COc1ccc2cc(C(C)=O)ccc2c1. The second-order valence-electron chi connectivity index (χ2n) is 15.8. The van der Waals surface area contributed by atoms with Gasteiger partial charge in [0.25, 0.3) is 0 Å². The predicted octanol–water partition coefficient (Wildman–Crippen LogP) is 13.7. The maximum Gasteiger partial charge on any atom is 0.159 e. The molecule has 358 valence electrons. The topological polar surface area (TPSA) is 139 Å². The Morgan fingerprint density at radius 3 is 0.700 bits per heavy atom. The van der Waals surface area contributed by atoms with Crippen LogP contribution in [0.15, 0.2) is 170 Å². The van der Waals surface area contributed by atoms with Gasteiger partial charge < -0.3 is 18.9 Å². The monoisotopic (exact) mass is 938 g/mol. The lowest BCUT2D eigenvalue weighted by molar-refractivity contribution is 0.100. The summed E-state index contributed by atoms with van der Waals surface area (Å²) >= 11 is 0.